The predicted molar refractivity (Wildman–Crippen MR) is 84.5 cm³/mol. The number of nitro groups is 1. The fraction of sp³-hybridized carbons (Fsp3) is 0. The number of carboxylic acid groups (broad SMARTS) is 1. The van der Waals surface area contributed by atoms with Gasteiger partial charge in [0.2, 0.25) is 0 Å². The van der Waals surface area contributed by atoms with E-state index >= 15 is 0 Å². The molecule has 24 heavy (non-hydrogen) atoms. The monoisotopic (exact) mass is 325 g/mol. The van der Waals surface area contributed by atoms with Gasteiger partial charge >= 0.3 is 5.97 Å². The Labute approximate surface area is 136 Å². The zero-order valence-electron chi connectivity index (χ0n) is 12.2. The molecule has 0 saturated carbocycles. The molecule has 0 amide bonds. The topological polar surface area (TPSA) is 115 Å². The molecule has 0 atom stereocenters. The first-order chi connectivity index (χ1) is 11.4. The third-order valence-electron chi connectivity index (χ3n) is 3.11. The average Bonchev–Trinajstić information content (AvgIpc) is 2.59. The molecule has 0 spiro atoms. The molecular weight excluding hydrogens is 314 g/mol. The van der Waals surface area contributed by atoms with Crippen molar-refractivity contribution in [1.29, 1.82) is 0 Å². The summed E-state index contributed by atoms with van der Waals surface area (Å²) in [6.45, 7) is 0. The second-order valence-electron chi connectivity index (χ2n) is 4.74. The molecule has 1 N–H and O–H groups in total. The second kappa shape index (κ2) is 7.10. The summed E-state index contributed by atoms with van der Waals surface area (Å²) in [5, 5.41) is 19.7. The van der Waals surface area contributed by atoms with Crippen molar-refractivity contribution in [2.45, 2.75) is 0 Å². The van der Waals surface area contributed by atoms with Gasteiger partial charge in [-0.25, -0.2) is 4.79 Å². The van der Waals surface area contributed by atoms with Crippen LogP contribution >= 0.6 is 0 Å². The zero-order chi connectivity index (χ0) is 17.7. The molecule has 7 nitrogen and oxygen atoms in total. The number of carboxylic acids is 1. The van der Waals surface area contributed by atoms with E-state index in [-0.39, 0.29) is 16.8 Å². The standard InChI is InChI=1S/C17H11NO6/c19-15(12-6-2-1-3-7-12)14(16(20)17(21)22)10-11-5-4-8-13(9-11)18(23)24/h1-10H,(H,21,22)/b14-10-. The number of nitro benzene ring substituents is 1. The van der Waals surface area contributed by atoms with Gasteiger partial charge in [-0.3, -0.25) is 19.7 Å². The third kappa shape index (κ3) is 3.77. The van der Waals surface area contributed by atoms with Gasteiger partial charge in [0.25, 0.3) is 11.5 Å². The van der Waals surface area contributed by atoms with Crippen LogP contribution in [0.15, 0.2) is 60.2 Å². The molecule has 0 bridgehead atoms. The number of rotatable bonds is 6. The molecule has 2 aromatic rings. The van der Waals surface area contributed by atoms with E-state index in [4.69, 9.17) is 5.11 Å². The van der Waals surface area contributed by atoms with Crippen LogP contribution in [0.25, 0.3) is 6.08 Å². The van der Waals surface area contributed by atoms with E-state index in [9.17, 15) is 24.5 Å². The lowest BCUT2D eigenvalue weighted by molar-refractivity contribution is -0.384. The minimum Gasteiger partial charge on any atom is -0.475 e. The molecule has 0 aromatic heterocycles. The van der Waals surface area contributed by atoms with Crippen molar-refractivity contribution < 1.29 is 24.4 Å². The number of ketones is 2. The summed E-state index contributed by atoms with van der Waals surface area (Å²) >= 11 is 0. The van der Waals surface area contributed by atoms with Crippen LogP contribution in [0.4, 0.5) is 5.69 Å². The molecule has 0 aliphatic heterocycles. The van der Waals surface area contributed by atoms with Gasteiger partial charge in [-0.1, -0.05) is 42.5 Å². The summed E-state index contributed by atoms with van der Waals surface area (Å²) in [4.78, 5) is 45.4. The largest absolute Gasteiger partial charge is 0.475 e. The lowest BCUT2D eigenvalue weighted by Crippen LogP contribution is -2.21. The van der Waals surface area contributed by atoms with Crippen molar-refractivity contribution in [2.24, 2.45) is 0 Å². The molecule has 0 radical (unpaired) electrons. The lowest BCUT2D eigenvalue weighted by atomic mass is 9.97. The summed E-state index contributed by atoms with van der Waals surface area (Å²) in [7, 11) is 0. The minimum atomic E-state index is -1.78. The van der Waals surface area contributed by atoms with E-state index in [1.54, 1.807) is 18.2 Å². The number of hydrogen-bond donors (Lipinski definition) is 1. The first-order valence-electron chi connectivity index (χ1n) is 6.73. The molecule has 2 rings (SSSR count). The van der Waals surface area contributed by atoms with Gasteiger partial charge < -0.3 is 5.11 Å². The third-order valence-corrected chi connectivity index (χ3v) is 3.11. The average molecular weight is 325 g/mol. The number of aliphatic carboxylic acids is 1. The van der Waals surface area contributed by atoms with Crippen LogP contribution in [-0.4, -0.2) is 27.6 Å². The van der Waals surface area contributed by atoms with Gasteiger partial charge in [-0.05, 0) is 11.6 Å². The van der Waals surface area contributed by atoms with E-state index in [2.05, 4.69) is 0 Å². The fourth-order valence-corrected chi connectivity index (χ4v) is 1.99. The summed E-state index contributed by atoms with van der Waals surface area (Å²) in [5.74, 6) is -3.93. The molecule has 0 unspecified atom stereocenters. The highest BCUT2D eigenvalue weighted by Crippen LogP contribution is 2.18. The van der Waals surface area contributed by atoms with Crippen molar-refractivity contribution in [2.75, 3.05) is 0 Å². The quantitative estimate of drug-likeness (QED) is 0.166. The van der Waals surface area contributed by atoms with Crippen LogP contribution < -0.4 is 0 Å². The van der Waals surface area contributed by atoms with Crippen molar-refractivity contribution >= 4 is 29.3 Å². The highest BCUT2D eigenvalue weighted by Gasteiger charge is 2.25. The molecule has 0 saturated heterocycles. The van der Waals surface area contributed by atoms with Crippen molar-refractivity contribution in [3.05, 3.63) is 81.4 Å². The van der Waals surface area contributed by atoms with Crippen molar-refractivity contribution in [1.82, 2.24) is 0 Å². The fourth-order valence-electron chi connectivity index (χ4n) is 1.99. The number of carbonyl (C=O) groups is 3. The lowest BCUT2D eigenvalue weighted by Gasteiger charge is -2.04. The van der Waals surface area contributed by atoms with Crippen LogP contribution in [-0.2, 0) is 9.59 Å². The Balaban J connectivity index is 2.53. The number of non-ortho nitro benzene ring substituents is 1. The molecular formula is C17H11NO6. The Kier molecular flexibility index (Phi) is 4.96. The van der Waals surface area contributed by atoms with E-state index in [0.717, 1.165) is 12.1 Å². The number of nitrogens with zero attached hydrogens (tertiary/aromatic N) is 1. The van der Waals surface area contributed by atoms with Crippen molar-refractivity contribution in [3.8, 4) is 0 Å². The number of benzene rings is 2. The summed E-state index contributed by atoms with van der Waals surface area (Å²) < 4.78 is 0. The smallest absolute Gasteiger partial charge is 0.377 e. The SMILES string of the molecule is O=C(O)C(=O)/C(=C\c1cccc([N+](=O)[O-])c1)C(=O)c1ccccc1. The maximum Gasteiger partial charge on any atom is 0.377 e. The summed E-state index contributed by atoms with van der Waals surface area (Å²) in [6.07, 6.45) is 1.04. The molecule has 2 aromatic carbocycles. The van der Waals surface area contributed by atoms with Gasteiger partial charge in [-0.2, -0.15) is 0 Å². The zero-order valence-corrected chi connectivity index (χ0v) is 12.2. The van der Waals surface area contributed by atoms with E-state index in [1.165, 1.54) is 30.3 Å². The van der Waals surface area contributed by atoms with Crippen LogP contribution in [0.3, 0.4) is 0 Å². The van der Waals surface area contributed by atoms with E-state index in [1.807, 2.05) is 0 Å². The molecule has 0 heterocycles. The number of hydrogen-bond acceptors (Lipinski definition) is 5. The Bertz CT molecular complexity index is 854. The van der Waals surface area contributed by atoms with Crippen LogP contribution in [0.5, 0.6) is 0 Å². The first-order valence-corrected chi connectivity index (χ1v) is 6.73. The minimum absolute atomic E-state index is 0.142. The Morgan fingerprint density at radius 3 is 2.25 bits per heavy atom. The normalized spacial score (nSPS) is 10.9. The van der Waals surface area contributed by atoms with Gasteiger partial charge in [0.15, 0.2) is 5.78 Å². The Hall–Kier alpha value is -3.61. The molecule has 0 aliphatic rings. The Morgan fingerprint density at radius 2 is 1.67 bits per heavy atom. The summed E-state index contributed by atoms with van der Waals surface area (Å²) in [6, 6.07) is 12.9. The maximum atomic E-state index is 12.4. The predicted octanol–water partition coefficient (Wildman–Crippen LogP) is 2.51. The Morgan fingerprint density at radius 1 is 1.00 bits per heavy atom. The highest BCUT2D eigenvalue weighted by molar-refractivity contribution is 6.49. The van der Waals surface area contributed by atoms with Gasteiger partial charge in [0.05, 0.1) is 10.5 Å². The molecule has 0 fully saturated rings. The van der Waals surface area contributed by atoms with Gasteiger partial charge in [0.1, 0.15) is 0 Å². The highest BCUT2D eigenvalue weighted by atomic mass is 16.6. The molecule has 0 aliphatic carbocycles. The van der Waals surface area contributed by atoms with E-state index in [0.29, 0.717) is 0 Å². The first kappa shape index (κ1) is 16.8. The number of Topliss-reactive ketones (excluding diaryl/α,β-unsaturated/α-hetero) is 2. The number of carbonyl (C=O) groups excluding carboxylic acids is 2. The van der Waals surface area contributed by atoms with Gasteiger partial charge in [-0.15, -0.1) is 0 Å². The maximum absolute atomic E-state index is 12.4. The van der Waals surface area contributed by atoms with Crippen LogP contribution in [0.1, 0.15) is 15.9 Å². The van der Waals surface area contributed by atoms with Crippen molar-refractivity contribution in [3.63, 3.8) is 0 Å². The van der Waals surface area contributed by atoms with Crippen LogP contribution in [0, 0.1) is 10.1 Å². The summed E-state index contributed by atoms with van der Waals surface area (Å²) in [5.41, 5.74) is -0.492. The molecule has 7 heteroatoms. The van der Waals surface area contributed by atoms with E-state index < -0.39 is 28.0 Å². The van der Waals surface area contributed by atoms with Crippen LogP contribution in [0.2, 0.25) is 0 Å². The molecule has 120 valence electrons. The second-order valence-corrected chi connectivity index (χ2v) is 4.74. The van der Waals surface area contributed by atoms with Gasteiger partial charge in [0, 0.05) is 17.7 Å².